The summed E-state index contributed by atoms with van der Waals surface area (Å²) in [6.07, 6.45) is 7.64. The zero-order valence-electron chi connectivity index (χ0n) is 12.5. The van der Waals surface area contributed by atoms with Gasteiger partial charge in [-0.1, -0.05) is 43.2 Å². The third-order valence-electron chi connectivity index (χ3n) is 4.82. The lowest BCUT2D eigenvalue weighted by atomic mass is 10.1. The van der Waals surface area contributed by atoms with E-state index in [1.165, 1.54) is 54.4 Å². The van der Waals surface area contributed by atoms with E-state index in [0.717, 1.165) is 0 Å². The summed E-state index contributed by atoms with van der Waals surface area (Å²) in [4.78, 5) is 1.56. The van der Waals surface area contributed by atoms with Gasteiger partial charge in [0.25, 0.3) is 0 Å². The van der Waals surface area contributed by atoms with Crippen molar-refractivity contribution in [2.75, 3.05) is 11.5 Å². The molecule has 110 valence electrons. The third kappa shape index (κ3) is 2.84. The van der Waals surface area contributed by atoms with Crippen LogP contribution in [0.3, 0.4) is 0 Å². The van der Waals surface area contributed by atoms with Crippen LogP contribution in [0, 0.1) is 0 Å². The largest absolute Gasteiger partial charge is 0.370 e. The van der Waals surface area contributed by atoms with Gasteiger partial charge in [-0.15, -0.1) is 0 Å². The molecule has 2 aliphatic rings. The maximum absolute atomic E-state index is 6.34. The van der Waals surface area contributed by atoms with Crippen molar-refractivity contribution in [3.8, 4) is 0 Å². The summed E-state index contributed by atoms with van der Waals surface area (Å²) in [5.41, 5.74) is 0. The first kappa shape index (κ1) is 13.7. The molecule has 0 amide bonds. The lowest BCUT2D eigenvalue weighted by Crippen LogP contribution is -2.21. The van der Waals surface area contributed by atoms with Gasteiger partial charge in [0.05, 0.1) is 6.10 Å². The van der Waals surface area contributed by atoms with Gasteiger partial charge in [0.15, 0.2) is 4.90 Å². The van der Waals surface area contributed by atoms with E-state index in [1.807, 2.05) is 0 Å². The predicted octanol–water partition coefficient (Wildman–Crippen LogP) is 4.55. The van der Waals surface area contributed by atoms with Crippen molar-refractivity contribution in [1.82, 2.24) is 0 Å². The van der Waals surface area contributed by atoms with Gasteiger partial charge in [-0.2, -0.15) is 0 Å². The van der Waals surface area contributed by atoms with E-state index < -0.39 is 0 Å². The molecule has 2 aromatic rings. The van der Waals surface area contributed by atoms with Crippen LogP contribution in [0.1, 0.15) is 32.1 Å². The Hall–Kier alpha value is -0.990. The van der Waals surface area contributed by atoms with Gasteiger partial charge in [0.1, 0.15) is 17.6 Å². The minimum Gasteiger partial charge on any atom is -0.370 e. The lowest BCUT2D eigenvalue weighted by molar-refractivity contribution is 0.00672. The van der Waals surface area contributed by atoms with Crippen molar-refractivity contribution >= 4 is 21.7 Å². The summed E-state index contributed by atoms with van der Waals surface area (Å²) in [6, 6.07) is 15.6. The molecule has 2 unspecified atom stereocenters. The summed E-state index contributed by atoms with van der Waals surface area (Å²) in [5.74, 6) is 2.55. The first-order valence-corrected chi connectivity index (χ1v) is 9.77. The van der Waals surface area contributed by atoms with Gasteiger partial charge >= 0.3 is 0 Å². The van der Waals surface area contributed by atoms with E-state index >= 15 is 0 Å². The maximum Gasteiger partial charge on any atom is 0.162 e. The van der Waals surface area contributed by atoms with Crippen LogP contribution in [0.25, 0.3) is 10.8 Å². The Morgan fingerprint density at radius 3 is 2.57 bits per heavy atom. The molecule has 21 heavy (non-hydrogen) atoms. The third-order valence-corrected chi connectivity index (χ3v) is 7.30. The molecule has 2 heteroatoms. The molecule has 1 heterocycles. The Morgan fingerprint density at radius 1 is 0.857 bits per heavy atom. The van der Waals surface area contributed by atoms with Crippen LogP contribution in [0.5, 0.6) is 0 Å². The highest BCUT2D eigenvalue weighted by Gasteiger charge is 2.37. The SMILES string of the molecule is c1ccc2c([S+]3CCC(OC4CCCC4)C3)cccc2c1. The molecule has 1 aliphatic heterocycles. The molecule has 0 bridgehead atoms. The first-order chi connectivity index (χ1) is 10.4. The van der Waals surface area contributed by atoms with Crippen LogP contribution in [-0.4, -0.2) is 23.7 Å². The lowest BCUT2D eigenvalue weighted by Gasteiger charge is -2.15. The number of benzene rings is 2. The highest BCUT2D eigenvalue weighted by molar-refractivity contribution is 7.97. The summed E-state index contributed by atoms with van der Waals surface area (Å²) in [7, 11) is 0.380. The van der Waals surface area contributed by atoms with Crippen LogP contribution >= 0.6 is 0 Å². The van der Waals surface area contributed by atoms with Gasteiger partial charge in [0.2, 0.25) is 0 Å². The molecule has 0 spiro atoms. The molecule has 0 radical (unpaired) electrons. The minimum atomic E-state index is 0.380. The second kappa shape index (κ2) is 6.02. The van der Waals surface area contributed by atoms with Gasteiger partial charge in [-0.05, 0) is 30.4 Å². The highest BCUT2D eigenvalue weighted by Crippen LogP contribution is 2.32. The molecule has 0 aromatic heterocycles. The fraction of sp³-hybridized carbons (Fsp3) is 0.474. The summed E-state index contributed by atoms with van der Waals surface area (Å²) in [5, 5.41) is 2.83. The average Bonchev–Trinajstić information content (AvgIpc) is 3.19. The van der Waals surface area contributed by atoms with Gasteiger partial charge in [-0.25, -0.2) is 0 Å². The number of ether oxygens (including phenoxy) is 1. The zero-order valence-corrected chi connectivity index (χ0v) is 13.3. The summed E-state index contributed by atoms with van der Waals surface area (Å²) >= 11 is 0. The molecule has 1 saturated heterocycles. The van der Waals surface area contributed by atoms with Gasteiger partial charge in [-0.3, -0.25) is 0 Å². The van der Waals surface area contributed by atoms with Crippen molar-refractivity contribution in [3.05, 3.63) is 42.5 Å². The smallest absolute Gasteiger partial charge is 0.162 e. The van der Waals surface area contributed by atoms with E-state index in [0.29, 0.717) is 23.1 Å². The molecule has 2 fully saturated rings. The van der Waals surface area contributed by atoms with Crippen molar-refractivity contribution in [2.45, 2.75) is 49.2 Å². The van der Waals surface area contributed by atoms with Crippen LogP contribution in [0.4, 0.5) is 0 Å². The average molecular weight is 299 g/mol. The van der Waals surface area contributed by atoms with Crippen LogP contribution in [0.2, 0.25) is 0 Å². The number of fused-ring (bicyclic) bond motifs is 1. The summed E-state index contributed by atoms with van der Waals surface area (Å²) < 4.78 is 6.34. The number of rotatable bonds is 3. The van der Waals surface area contributed by atoms with Crippen molar-refractivity contribution in [2.24, 2.45) is 0 Å². The molecule has 1 aliphatic carbocycles. The van der Waals surface area contributed by atoms with Crippen molar-refractivity contribution < 1.29 is 4.74 Å². The summed E-state index contributed by atoms with van der Waals surface area (Å²) in [6.45, 7) is 0. The Bertz CT molecular complexity index is 612. The Kier molecular flexibility index (Phi) is 3.91. The van der Waals surface area contributed by atoms with Crippen molar-refractivity contribution in [1.29, 1.82) is 0 Å². The van der Waals surface area contributed by atoms with Gasteiger partial charge < -0.3 is 4.74 Å². The van der Waals surface area contributed by atoms with Crippen LogP contribution in [0.15, 0.2) is 47.4 Å². The highest BCUT2D eigenvalue weighted by atomic mass is 32.2. The van der Waals surface area contributed by atoms with E-state index in [2.05, 4.69) is 42.5 Å². The molecular formula is C19H23OS+. The van der Waals surface area contributed by atoms with Gasteiger partial charge in [0, 0.05) is 22.7 Å². The van der Waals surface area contributed by atoms with E-state index in [9.17, 15) is 0 Å². The predicted molar refractivity (Wildman–Crippen MR) is 91.1 cm³/mol. The normalized spacial score (nSPS) is 26.7. The fourth-order valence-electron chi connectivity index (χ4n) is 3.72. The topological polar surface area (TPSA) is 9.23 Å². The number of hydrogen-bond donors (Lipinski definition) is 0. The molecule has 1 saturated carbocycles. The monoisotopic (exact) mass is 299 g/mol. The quantitative estimate of drug-likeness (QED) is 0.756. The van der Waals surface area contributed by atoms with E-state index in [4.69, 9.17) is 4.74 Å². The Labute approximate surface area is 130 Å². The fourth-order valence-corrected chi connectivity index (χ4v) is 6.29. The first-order valence-electron chi connectivity index (χ1n) is 8.21. The van der Waals surface area contributed by atoms with Crippen molar-refractivity contribution in [3.63, 3.8) is 0 Å². The van der Waals surface area contributed by atoms with E-state index in [1.54, 1.807) is 4.90 Å². The molecule has 0 N–H and O–H groups in total. The Balaban J connectivity index is 1.51. The molecule has 2 atom stereocenters. The second-order valence-corrected chi connectivity index (χ2v) is 8.46. The molecule has 1 nitrogen and oxygen atoms in total. The van der Waals surface area contributed by atoms with E-state index in [-0.39, 0.29) is 0 Å². The molecule has 4 rings (SSSR count). The zero-order chi connectivity index (χ0) is 14.1. The molecular weight excluding hydrogens is 276 g/mol. The standard InChI is InChI=1S/C19H23OS/c1-4-10-18-15(6-1)7-5-11-19(18)21-13-12-17(14-21)20-16-8-2-3-9-16/h1,4-7,10-11,16-17H,2-3,8-9,12-14H2/q+1. The second-order valence-electron chi connectivity index (χ2n) is 6.29. The minimum absolute atomic E-state index is 0.380. The molecule has 2 aromatic carbocycles. The maximum atomic E-state index is 6.34. The van der Waals surface area contributed by atoms with Crippen LogP contribution in [-0.2, 0) is 15.6 Å². The number of hydrogen-bond acceptors (Lipinski definition) is 1. The Morgan fingerprint density at radius 2 is 1.67 bits per heavy atom. The van der Waals surface area contributed by atoms with Crippen LogP contribution < -0.4 is 0 Å².